The molecule has 104 valence electrons. The van der Waals surface area contributed by atoms with E-state index in [1.807, 2.05) is 31.2 Å². The van der Waals surface area contributed by atoms with E-state index < -0.39 is 11.7 Å². The number of amides is 1. The fourth-order valence-electron chi connectivity index (χ4n) is 1.79. The molecule has 0 saturated heterocycles. The third kappa shape index (κ3) is 3.35. The minimum absolute atomic E-state index is 0.0120. The first-order chi connectivity index (χ1) is 9.60. The fourth-order valence-corrected chi connectivity index (χ4v) is 1.79. The van der Waals surface area contributed by atoms with E-state index in [9.17, 15) is 9.18 Å². The van der Waals surface area contributed by atoms with Crippen molar-refractivity contribution in [2.45, 2.75) is 13.5 Å². The highest BCUT2D eigenvalue weighted by Crippen LogP contribution is 2.16. The van der Waals surface area contributed by atoms with E-state index in [1.54, 1.807) is 6.07 Å². The number of nitrogens with one attached hydrogen (secondary N) is 1. The monoisotopic (exact) mass is 273 g/mol. The van der Waals surface area contributed by atoms with Crippen molar-refractivity contribution >= 4 is 5.91 Å². The summed E-state index contributed by atoms with van der Waals surface area (Å²) in [6, 6.07) is 12.0. The second kappa shape index (κ2) is 6.19. The summed E-state index contributed by atoms with van der Waals surface area (Å²) < 4.78 is 18.6. The Morgan fingerprint density at radius 3 is 2.50 bits per heavy atom. The molecular weight excluding hydrogens is 257 g/mol. The van der Waals surface area contributed by atoms with Crippen molar-refractivity contribution in [2.24, 2.45) is 0 Å². The number of hydrogen-bond donors (Lipinski definition) is 1. The molecule has 2 aromatic rings. The molecule has 0 unspecified atom stereocenters. The molecule has 2 rings (SSSR count). The average Bonchev–Trinajstić information content (AvgIpc) is 2.46. The van der Waals surface area contributed by atoms with E-state index >= 15 is 0 Å². The summed E-state index contributed by atoms with van der Waals surface area (Å²) in [6.45, 7) is 2.36. The Labute approximate surface area is 117 Å². The lowest BCUT2D eigenvalue weighted by molar-refractivity contribution is 0.0947. The van der Waals surface area contributed by atoms with Crippen LogP contribution in [0.25, 0.3) is 0 Å². The zero-order valence-corrected chi connectivity index (χ0v) is 11.4. The first kappa shape index (κ1) is 14.1. The molecule has 0 radical (unpaired) electrons. The van der Waals surface area contributed by atoms with Gasteiger partial charge in [-0.15, -0.1) is 0 Å². The van der Waals surface area contributed by atoms with Crippen LogP contribution in [0, 0.1) is 12.7 Å². The van der Waals surface area contributed by atoms with Crippen LogP contribution in [0.15, 0.2) is 42.5 Å². The number of carbonyl (C=O) groups is 1. The number of ether oxygens (including phenoxy) is 1. The van der Waals surface area contributed by atoms with Gasteiger partial charge >= 0.3 is 0 Å². The molecule has 0 heterocycles. The summed E-state index contributed by atoms with van der Waals surface area (Å²) in [6.07, 6.45) is 0. The number of methoxy groups -OCH3 is 1. The largest absolute Gasteiger partial charge is 0.497 e. The van der Waals surface area contributed by atoms with Crippen LogP contribution in [0.5, 0.6) is 5.75 Å². The summed E-state index contributed by atoms with van der Waals surface area (Å²) in [5, 5.41) is 2.69. The number of rotatable bonds is 4. The molecule has 0 bridgehead atoms. The Bertz CT molecular complexity index is 608. The Balaban J connectivity index is 2.03. The van der Waals surface area contributed by atoms with E-state index in [1.165, 1.54) is 19.2 Å². The van der Waals surface area contributed by atoms with Crippen molar-refractivity contribution in [2.75, 3.05) is 7.11 Å². The van der Waals surface area contributed by atoms with Crippen molar-refractivity contribution in [3.05, 3.63) is 65.0 Å². The van der Waals surface area contributed by atoms with Gasteiger partial charge in [-0.1, -0.05) is 29.8 Å². The average molecular weight is 273 g/mol. The van der Waals surface area contributed by atoms with Gasteiger partial charge in [0, 0.05) is 12.6 Å². The van der Waals surface area contributed by atoms with E-state index in [0.717, 1.165) is 11.1 Å². The quantitative estimate of drug-likeness (QED) is 0.929. The summed E-state index contributed by atoms with van der Waals surface area (Å²) in [7, 11) is 1.45. The molecule has 3 nitrogen and oxygen atoms in total. The Kier molecular flexibility index (Phi) is 4.35. The molecule has 0 aromatic heterocycles. The summed E-state index contributed by atoms with van der Waals surface area (Å²) >= 11 is 0. The maximum absolute atomic E-state index is 13.7. The number of benzene rings is 2. The first-order valence-corrected chi connectivity index (χ1v) is 6.27. The minimum atomic E-state index is -0.592. The molecule has 0 aliphatic rings. The third-order valence-corrected chi connectivity index (χ3v) is 2.99. The maximum atomic E-state index is 13.7. The maximum Gasteiger partial charge on any atom is 0.254 e. The standard InChI is InChI=1S/C16H16FNO2/c1-11-3-5-12(6-4-11)10-18-16(19)14-8-7-13(20-2)9-15(14)17/h3-9H,10H2,1-2H3,(H,18,19). The van der Waals surface area contributed by atoms with Gasteiger partial charge in [0.25, 0.3) is 5.91 Å². The van der Waals surface area contributed by atoms with Gasteiger partial charge in [0.1, 0.15) is 11.6 Å². The Morgan fingerprint density at radius 2 is 1.90 bits per heavy atom. The predicted octanol–water partition coefficient (Wildman–Crippen LogP) is 3.07. The zero-order valence-electron chi connectivity index (χ0n) is 11.4. The van der Waals surface area contributed by atoms with Crippen LogP contribution in [0.2, 0.25) is 0 Å². The number of aryl methyl sites for hydroxylation is 1. The molecule has 0 aliphatic carbocycles. The molecule has 4 heteroatoms. The van der Waals surface area contributed by atoms with Crippen molar-refractivity contribution in [3.63, 3.8) is 0 Å². The molecule has 0 atom stereocenters. The van der Waals surface area contributed by atoms with Gasteiger partial charge in [-0.05, 0) is 24.6 Å². The second-order valence-electron chi connectivity index (χ2n) is 4.51. The summed E-state index contributed by atoms with van der Waals surface area (Å²) in [5.74, 6) is -0.644. The molecule has 1 N–H and O–H groups in total. The second-order valence-corrected chi connectivity index (χ2v) is 4.51. The highest BCUT2D eigenvalue weighted by Gasteiger charge is 2.12. The highest BCUT2D eigenvalue weighted by atomic mass is 19.1. The fraction of sp³-hybridized carbons (Fsp3) is 0.188. The van der Waals surface area contributed by atoms with Gasteiger partial charge in [0.05, 0.1) is 12.7 Å². The van der Waals surface area contributed by atoms with Gasteiger partial charge in [-0.3, -0.25) is 4.79 Å². The van der Waals surface area contributed by atoms with E-state index in [2.05, 4.69) is 5.32 Å². The van der Waals surface area contributed by atoms with Crippen molar-refractivity contribution in [1.82, 2.24) is 5.32 Å². The molecule has 0 aliphatic heterocycles. The topological polar surface area (TPSA) is 38.3 Å². The van der Waals surface area contributed by atoms with Crippen LogP contribution in [0.4, 0.5) is 4.39 Å². The van der Waals surface area contributed by atoms with Gasteiger partial charge in [-0.25, -0.2) is 4.39 Å². The third-order valence-electron chi connectivity index (χ3n) is 2.99. The van der Waals surface area contributed by atoms with Gasteiger partial charge < -0.3 is 10.1 Å². The molecular formula is C16H16FNO2. The van der Waals surface area contributed by atoms with Crippen molar-refractivity contribution in [3.8, 4) is 5.75 Å². The highest BCUT2D eigenvalue weighted by molar-refractivity contribution is 5.94. The molecule has 0 saturated carbocycles. The van der Waals surface area contributed by atoms with Gasteiger partial charge in [0.15, 0.2) is 0 Å². The predicted molar refractivity (Wildman–Crippen MR) is 75.3 cm³/mol. The lowest BCUT2D eigenvalue weighted by atomic mass is 10.1. The van der Waals surface area contributed by atoms with E-state index in [4.69, 9.17) is 4.74 Å². The van der Waals surface area contributed by atoms with Crippen LogP contribution < -0.4 is 10.1 Å². The van der Waals surface area contributed by atoms with Gasteiger partial charge in [0.2, 0.25) is 0 Å². The Morgan fingerprint density at radius 1 is 1.20 bits per heavy atom. The van der Waals surface area contributed by atoms with Crippen molar-refractivity contribution in [1.29, 1.82) is 0 Å². The van der Waals surface area contributed by atoms with Crippen molar-refractivity contribution < 1.29 is 13.9 Å². The molecule has 0 fully saturated rings. The first-order valence-electron chi connectivity index (χ1n) is 6.27. The summed E-state index contributed by atoms with van der Waals surface area (Å²) in [4.78, 5) is 11.9. The van der Waals surface area contributed by atoms with E-state index in [0.29, 0.717) is 12.3 Å². The minimum Gasteiger partial charge on any atom is -0.497 e. The van der Waals surface area contributed by atoms with Crippen LogP contribution in [0.3, 0.4) is 0 Å². The lowest BCUT2D eigenvalue weighted by Crippen LogP contribution is -2.23. The van der Waals surface area contributed by atoms with Crippen LogP contribution in [0.1, 0.15) is 21.5 Å². The Hall–Kier alpha value is -2.36. The van der Waals surface area contributed by atoms with Crippen LogP contribution in [-0.4, -0.2) is 13.0 Å². The number of halogens is 1. The SMILES string of the molecule is COc1ccc(C(=O)NCc2ccc(C)cc2)c(F)c1. The molecule has 1 amide bonds. The van der Waals surface area contributed by atoms with Crippen LogP contribution >= 0.6 is 0 Å². The van der Waals surface area contributed by atoms with Gasteiger partial charge in [-0.2, -0.15) is 0 Å². The molecule has 0 spiro atoms. The van der Waals surface area contributed by atoms with Crippen LogP contribution in [-0.2, 0) is 6.54 Å². The number of carbonyl (C=O) groups excluding carboxylic acids is 1. The lowest BCUT2D eigenvalue weighted by Gasteiger charge is -2.07. The molecule has 20 heavy (non-hydrogen) atoms. The number of hydrogen-bond acceptors (Lipinski definition) is 2. The normalized spacial score (nSPS) is 10.2. The summed E-state index contributed by atoms with van der Waals surface area (Å²) in [5.41, 5.74) is 2.14. The molecule has 2 aromatic carbocycles. The van der Waals surface area contributed by atoms with E-state index in [-0.39, 0.29) is 5.56 Å². The smallest absolute Gasteiger partial charge is 0.254 e. The zero-order chi connectivity index (χ0) is 14.5.